The SMILES string of the molecule is CCCc1cc(C(=O)NCc2ccc(OC)nc2)sc1C. The van der Waals surface area contributed by atoms with E-state index in [0.29, 0.717) is 12.4 Å². The van der Waals surface area contributed by atoms with Gasteiger partial charge >= 0.3 is 0 Å². The van der Waals surface area contributed by atoms with Crippen LogP contribution >= 0.6 is 11.3 Å². The van der Waals surface area contributed by atoms with Crippen molar-refractivity contribution < 1.29 is 9.53 Å². The molecule has 0 saturated carbocycles. The third-order valence-corrected chi connectivity index (χ3v) is 4.32. The number of amides is 1. The summed E-state index contributed by atoms with van der Waals surface area (Å²) in [5.74, 6) is 0.546. The number of carbonyl (C=O) groups is 1. The molecule has 112 valence electrons. The van der Waals surface area contributed by atoms with Crippen molar-refractivity contribution in [2.45, 2.75) is 33.2 Å². The van der Waals surface area contributed by atoms with Crippen molar-refractivity contribution in [2.75, 3.05) is 7.11 Å². The molecule has 21 heavy (non-hydrogen) atoms. The molecule has 2 aromatic rings. The predicted octanol–water partition coefficient (Wildman–Crippen LogP) is 3.34. The van der Waals surface area contributed by atoms with E-state index in [1.165, 1.54) is 10.4 Å². The van der Waals surface area contributed by atoms with Gasteiger partial charge in [0.15, 0.2) is 0 Å². The smallest absolute Gasteiger partial charge is 0.261 e. The van der Waals surface area contributed by atoms with Crippen molar-refractivity contribution in [3.05, 3.63) is 45.3 Å². The van der Waals surface area contributed by atoms with Gasteiger partial charge in [0.05, 0.1) is 12.0 Å². The maximum Gasteiger partial charge on any atom is 0.261 e. The number of nitrogens with one attached hydrogen (secondary N) is 1. The van der Waals surface area contributed by atoms with Gasteiger partial charge in [0.25, 0.3) is 5.91 Å². The fourth-order valence-electron chi connectivity index (χ4n) is 2.05. The summed E-state index contributed by atoms with van der Waals surface area (Å²) in [6, 6.07) is 5.69. The summed E-state index contributed by atoms with van der Waals surface area (Å²) >= 11 is 1.56. The average Bonchev–Trinajstić information content (AvgIpc) is 2.87. The van der Waals surface area contributed by atoms with E-state index in [9.17, 15) is 4.79 Å². The number of carbonyl (C=O) groups excluding carboxylic acids is 1. The highest BCUT2D eigenvalue weighted by Gasteiger charge is 2.11. The van der Waals surface area contributed by atoms with Crippen LogP contribution in [0.25, 0.3) is 0 Å². The van der Waals surface area contributed by atoms with Crippen LogP contribution in [0.2, 0.25) is 0 Å². The van der Waals surface area contributed by atoms with Crippen molar-refractivity contribution in [2.24, 2.45) is 0 Å². The molecule has 0 saturated heterocycles. The van der Waals surface area contributed by atoms with Crippen molar-refractivity contribution in [1.29, 1.82) is 0 Å². The van der Waals surface area contributed by atoms with Gasteiger partial charge < -0.3 is 10.1 Å². The van der Waals surface area contributed by atoms with Crippen molar-refractivity contribution >= 4 is 17.2 Å². The molecule has 4 nitrogen and oxygen atoms in total. The maximum atomic E-state index is 12.2. The highest BCUT2D eigenvalue weighted by atomic mass is 32.1. The average molecular weight is 304 g/mol. The van der Waals surface area contributed by atoms with Crippen LogP contribution in [0.4, 0.5) is 0 Å². The number of pyridine rings is 1. The number of ether oxygens (including phenoxy) is 1. The summed E-state index contributed by atoms with van der Waals surface area (Å²) in [6.07, 6.45) is 3.83. The molecule has 2 heterocycles. The maximum absolute atomic E-state index is 12.2. The summed E-state index contributed by atoms with van der Waals surface area (Å²) in [5, 5.41) is 2.93. The first-order valence-corrected chi connectivity index (χ1v) is 7.82. The van der Waals surface area contributed by atoms with E-state index in [2.05, 4.69) is 24.1 Å². The monoisotopic (exact) mass is 304 g/mol. The van der Waals surface area contributed by atoms with Gasteiger partial charge in [-0.3, -0.25) is 4.79 Å². The Balaban J connectivity index is 1.96. The molecular weight excluding hydrogens is 284 g/mol. The molecule has 5 heteroatoms. The van der Waals surface area contributed by atoms with Gasteiger partial charge in [-0.15, -0.1) is 11.3 Å². The Morgan fingerprint density at radius 2 is 2.24 bits per heavy atom. The predicted molar refractivity (Wildman–Crippen MR) is 85.0 cm³/mol. The minimum Gasteiger partial charge on any atom is -0.481 e. The Hall–Kier alpha value is -1.88. The van der Waals surface area contributed by atoms with Crippen LogP contribution < -0.4 is 10.1 Å². The minimum absolute atomic E-state index is 0.0266. The largest absolute Gasteiger partial charge is 0.481 e. The first kappa shape index (κ1) is 15.5. The number of aromatic nitrogens is 1. The van der Waals surface area contributed by atoms with Crippen molar-refractivity contribution in [1.82, 2.24) is 10.3 Å². The lowest BCUT2D eigenvalue weighted by Gasteiger charge is -2.04. The van der Waals surface area contributed by atoms with Crippen LogP contribution in [0.5, 0.6) is 5.88 Å². The third-order valence-electron chi connectivity index (χ3n) is 3.22. The first-order chi connectivity index (χ1) is 10.1. The topological polar surface area (TPSA) is 51.2 Å². The second kappa shape index (κ2) is 7.22. The number of hydrogen-bond acceptors (Lipinski definition) is 4. The molecule has 0 bridgehead atoms. The number of nitrogens with zero attached hydrogens (tertiary/aromatic N) is 1. The number of hydrogen-bond donors (Lipinski definition) is 1. The standard InChI is InChI=1S/C16H20N2O2S/c1-4-5-13-8-14(21-11(13)2)16(19)18-10-12-6-7-15(20-3)17-9-12/h6-9H,4-5,10H2,1-3H3,(H,18,19). The summed E-state index contributed by atoms with van der Waals surface area (Å²) in [4.78, 5) is 18.3. The lowest BCUT2D eigenvalue weighted by molar-refractivity contribution is 0.0955. The van der Waals surface area contributed by atoms with E-state index in [0.717, 1.165) is 23.3 Å². The fraction of sp³-hybridized carbons (Fsp3) is 0.375. The zero-order valence-corrected chi connectivity index (χ0v) is 13.4. The Morgan fingerprint density at radius 1 is 1.43 bits per heavy atom. The second-order valence-corrected chi connectivity index (χ2v) is 6.09. The fourth-order valence-corrected chi connectivity index (χ4v) is 3.04. The zero-order valence-electron chi connectivity index (χ0n) is 12.6. The van der Waals surface area contributed by atoms with Crippen LogP contribution in [0, 0.1) is 6.92 Å². The van der Waals surface area contributed by atoms with Gasteiger partial charge in [-0.2, -0.15) is 0 Å². The van der Waals surface area contributed by atoms with E-state index in [1.54, 1.807) is 30.7 Å². The highest BCUT2D eigenvalue weighted by Crippen LogP contribution is 2.22. The van der Waals surface area contributed by atoms with Gasteiger partial charge in [0, 0.05) is 23.7 Å². The second-order valence-electron chi connectivity index (χ2n) is 4.83. The highest BCUT2D eigenvalue weighted by molar-refractivity contribution is 7.14. The van der Waals surface area contributed by atoms with Gasteiger partial charge in [-0.05, 0) is 30.5 Å². The molecule has 2 aromatic heterocycles. The Kier molecular flexibility index (Phi) is 5.33. The van der Waals surface area contributed by atoms with Crippen LogP contribution in [-0.2, 0) is 13.0 Å². The van der Waals surface area contributed by atoms with Crippen LogP contribution in [0.1, 0.15) is 39.0 Å². The third kappa shape index (κ3) is 4.04. The number of thiophene rings is 1. The molecule has 0 radical (unpaired) electrons. The summed E-state index contributed by atoms with van der Waals surface area (Å²) in [7, 11) is 1.58. The van der Waals surface area contributed by atoms with E-state index in [4.69, 9.17) is 4.74 Å². The summed E-state index contributed by atoms with van der Waals surface area (Å²) < 4.78 is 5.01. The first-order valence-electron chi connectivity index (χ1n) is 7.00. The van der Waals surface area contributed by atoms with E-state index >= 15 is 0 Å². The van der Waals surface area contributed by atoms with E-state index < -0.39 is 0 Å². The molecule has 0 atom stereocenters. The molecule has 2 rings (SSSR count). The normalized spacial score (nSPS) is 10.4. The Morgan fingerprint density at radius 3 is 2.86 bits per heavy atom. The number of rotatable bonds is 6. The number of aryl methyl sites for hydroxylation is 2. The van der Waals surface area contributed by atoms with Crippen LogP contribution in [-0.4, -0.2) is 18.0 Å². The molecule has 0 fully saturated rings. The Labute approximate surface area is 129 Å². The molecule has 1 N–H and O–H groups in total. The molecule has 0 aromatic carbocycles. The quantitative estimate of drug-likeness (QED) is 0.890. The molecule has 0 aliphatic rings. The number of methoxy groups -OCH3 is 1. The molecule has 0 aliphatic heterocycles. The van der Waals surface area contributed by atoms with Gasteiger partial charge in [0.2, 0.25) is 5.88 Å². The summed E-state index contributed by atoms with van der Waals surface area (Å²) in [5.41, 5.74) is 2.23. The van der Waals surface area contributed by atoms with Crippen LogP contribution in [0.15, 0.2) is 24.4 Å². The van der Waals surface area contributed by atoms with E-state index in [-0.39, 0.29) is 5.91 Å². The van der Waals surface area contributed by atoms with Crippen molar-refractivity contribution in [3.8, 4) is 5.88 Å². The minimum atomic E-state index is -0.0266. The lowest BCUT2D eigenvalue weighted by Crippen LogP contribution is -2.21. The molecule has 1 amide bonds. The molecular formula is C16H20N2O2S. The van der Waals surface area contributed by atoms with Gasteiger partial charge in [-0.25, -0.2) is 4.98 Å². The Bertz CT molecular complexity index is 605. The van der Waals surface area contributed by atoms with Gasteiger partial charge in [-0.1, -0.05) is 19.4 Å². The van der Waals surface area contributed by atoms with Crippen LogP contribution in [0.3, 0.4) is 0 Å². The van der Waals surface area contributed by atoms with Gasteiger partial charge in [0.1, 0.15) is 0 Å². The summed E-state index contributed by atoms with van der Waals surface area (Å²) in [6.45, 7) is 4.68. The van der Waals surface area contributed by atoms with Crippen molar-refractivity contribution in [3.63, 3.8) is 0 Å². The molecule has 0 unspecified atom stereocenters. The molecule has 0 aliphatic carbocycles. The zero-order chi connectivity index (χ0) is 15.2. The molecule has 0 spiro atoms. The lowest BCUT2D eigenvalue weighted by atomic mass is 10.1. The van der Waals surface area contributed by atoms with E-state index in [1.807, 2.05) is 12.1 Å².